The van der Waals surface area contributed by atoms with Crippen molar-refractivity contribution in [3.63, 3.8) is 0 Å². The number of anilines is 2. The minimum absolute atomic E-state index is 0.0837. The molecule has 1 aliphatic rings. The summed E-state index contributed by atoms with van der Waals surface area (Å²) in [5.41, 5.74) is -0.917. The van der Waals surface area contributed by atoms with Crippen molar-refractivity contribution < 1.29 is 36.2 Å². The number of ether oxygens (including phenoxy) is 2. The van der Waals surface area contributed by atoms with Crippen LogP contribution in [0.3, 0.4) is 0 Å². The SMILES string of the molecule is O=C(Nc1cccc(C(F)(F)F)c1)Nc1ccc2c(c1)OC(F)(F)O2. The molecule has 1 aliphatic heterocycles. The van der Waals surface area contributed by atoms with Crippen LogP contribution in [0.1, 0.15) is 5.56 Å². The zero-order valence-electron chi connectivity index (χ0n) is 12.2. The zero-order chi connectivity index (χ0) is 18.2. The molecule has 25 heavy (non-hydrogen) atoms. The molecule has 0 saturated carbocycles. The Morgan fingerprint density at radius 1 is 0.920 bits per heavy atom. The van der Waals surface area contributed by atoms with Gasteiger partial charge in [-0.1, -0.05) is 6.07 Å². The van der Waals surface area contributed by atoms with Gasteiger partial charge in [0.05, 0.1) is 5.56 Å². The van der Waals surface area contributed by atoms with Crippen LogP contribution in [0, 0.1) is 0 Å². The summed E-state index contributed by atoms with van der Waals surface area (Å²) in [4.78, 5) is 11.8. The van der Waals surface area contributed by atoms with Crippen molar-refractivity contribution in [3.05, 3.63) is 48.0 Å². The monoisotopic (exact) mass is 360 g/mol. The molecular formula is C15H9F5N2O3. The largest absolute Gasteiger partial charge is 0.586 e. The van der Waals surface area contributed by atoms with Gasteiger partial charge in [0.2, 0.25) is 0 Å². The molecule has 2 aromatic rings. The fourth-order valence-electron chi connectivity index (χ4n) is 2.09. The third kappa shape index (κ3) is 3.90. The molecule has 5 nitrogen and oxygen atoms in total. The Bertz CT molecular complexity index is 823. The van der Waals surface area contributed by atoms with Gasteiger partial charge >= 0.3 is 18.5 Å². The Hall–Kier alpha value is -3.04. The topological polar surface area (TPSA) is 59.6 Å². The molecule has 0 aromatic heterocycles. The normalized spacial score (nSPS) is 14.9. The molecule has 0 spiro atoms. The summed E-state index contributed by atoms with van der Waals surface area (Å²) in [6, 6.07) is 6.72. The standard InChI is InChI=1S/C15H9F5N2O3/c16-14(17,18)8-2-1-3-9(6-8)21-13(23)22-10-4-5-11-12(7-10)25-15(19,20)24-11/h1-7H,(H2,21,22,23). The Kier molecular flexibility index (Phi) is 3.90. The Labute approximate surface area is 137 Å². The molecule has 0 unspecified atom stereocenters. The van der Waals surface area contributed by atoms with E-state index >= 15 is 0 Å². The maximum Gasteiger partial charge on any atom is 0.586 e. The lowest BCUT2D eigenvalue weighted by Crippen LogP contribution is -2.25. The molecule has 0 aliphatic carbocycles. The van der Waals surface area contributed by atoms with E-state index in [0.29, 0.717) is 0 Å². The van der Waals surface area contributed by atoms with Gasteiger partial charge in [-0.25, -0.2) is 4.79 Å². The summed E-state index contributed by atoms with van der Waals surface area (Å²) in [6.07, 6.45) is -8.34. The Morgan fingerprint density at radius 3 is 2.24 bits per heavy atom. The van der Waals surface area contributed by atoms with Crippen molar-refractivity contribution in [3.8, 4) is 11.5 Å². The highest BCUT2D eigenvalue weighted by Gasteiger charge is 2.43. The van der Waals surface area contributed by atoms with Gasteiger partial charge in [0.25, 0.3) is 0 Å². The lowest BCUT2D eigenvalue weighted by atomic mass is 10.2. The predicted octanol–water partition coefficient (Wildman–Crippen LogP) is 4.67. The van der Waals surface area contributed by atoms with E-state index in [-0.39, 0.29) is 22.9 Å². The van der Waals surface area contributed by atoms with Gasteiger partial charge in [-0.15, -0.1) is 8.78 Å². The number of amides is 2. The molecule has 2 amide bonds. The van der Waals surface area contributed by atoms with E-state index in [0.717, 1.165) is 30.3 Å². The van der Waals surface area contributed by atoms with Gasteiger partial charge < -0.3 is 20.1 Å². The Balaban J connectivity index is 1.68. The van der Waals surface area contributed by atoms with E-state index in [1.807, 2.05) is 0 Å². The number of urea groups is 1. The first-order chi connectivity index (χ1) is 11.6. The van der Waals surface area contributed by atoms with Crippen molar-refractivity contribution in [1.82, 2.24) is 0 Å². The van der Waals surface area contributed by atoms with Crippen molar-refractivity contribution in [1.29, 1.82) is 0 Å². The highest BCUT2D eigenvalue weighted by Crippen LogP contribution is 2.42. The average Bonchev–Trinajstić information content (AvgIpc) is 2.79. The number of carbonyl (C=O) groups is 1. The second-order valence-corrected chi connectivity index (χ2v) is 4.99. The second kappa shape index (κ2) is 5.80. The molecule has 10 heteroatoms. The summed E-state index contributed by atoms with van der Waals surface area (Å²) >= 11 is 0. The molecule has 0 bridgehead atoms. The summed E-state index contributed by atoms with van der Waals surface area (Å²) < 4.78 is 72.2. The third-order valence-corrected chi connectivity index (χ3v) is 3.11. The molecule has 132 valence electrons. The molecule has 2 aromatic carbocycles. The van der Waals surface area contributed by atoms with Crippen LogP contribution < -0.4 is 20.1 Å². The number of alkyl halides is 5. The highest BCUT2D eigenvalue weighted by molar-refractivity contribution is 6.00. The molecular weight excluding hydrogens is 351 g/mol. The van der Waals surface area contributed by atoms with Crippen LogP contribution in [0.25, 0.3) is 0 Å². The Morgan fingerprint density at radius 2 is 1.56 bits per heavy atom. The van der Waals surface area contributed by atoms with Gasteiger partial charge in [-0.3, -0.25) is 0 Å². The highest BCUT2D eigenvalue weighted by atomic mass is 19.4. The van der Waals surface area contributed by atoms with Gasteiger partial charge in [-0.2, -0.15) is 13.2 Å². The smallest absolute Gasteiger partial charge is 0.395 e. The first-order valence-electron chi connectivity index (χ1n) is 6.77. The van der Waals surface area contributed by atoms with Crippen LogP contribution >= 0.6 is 0 Å². The fraction of sp³-hybridized carbons (Fsp3) is 0.133. The maximum atomic E-state index is 12.9. The quantitative estimate of drug-likeness (QED) is 0.765. The van der Waals surface area contributed by atoms with Crippen LogP contribution in [0.15, 0.2) is 42.5 Å². The summed E-state index contributed by atoms with van der Waals surface area (Å²) in [6.45, 7) is 0. The molecule has 3 rings (SSSR count). The number of rotatable bonds is 2. The fourth-order valence-corrected chi connectivity index (χ4v) is 2.09. The van der Waals surface area contributed by atoms with E-state index < -0.39 is 24.1 Å². The van der Waals surface area contributed by atoms with E-state index in [4.69, 9.17) is 0 Å². The first-order valence-corrected chi connectivity index (χ1v) is 6.77. The van der Waals surface area contributed by atoms with Crippen LogP contribution in [0.4, 0.5) is 38.1 Å². The average molecular weight is 360 g/mol. The van der Waals surface area contributed by atoms with Gasteiger partial charge in [0, 0.05) is 17.4 Å². The minimum atomic E-state index is -4.54. The van der Waals surface area contributed by atoms with Crippen LogP contribution in [0.5, 0.6) is 11.5 Å². The van der Waals surface area contributed by atoms with Gasteiger partial charge in [-0.05, 0) is 30.3 Å². The lowest BCUT2D eigenvalue weighted by Gasteiger charge is -2.11. The first kappa shape index (κ1) is 16.8. The molecule has 1 heterocycles. The van der Waals surface area contributed by atoms with Crippen molar-refractivity contribution in [2.24, 2.45) is 0 Å². The molecule has 2 N–H and O–H groups in total. The number of hydrogen-bond acceptors (Lipinski definition) is 3. The number of benzene rings is 2. The molecule has 0 radical (unpaired) electrons. The second-order valence-electron chi connectivity index (χ2n) is 4.99. The van der Waals surface area contributed by atoms with Crippen molar-refractivity contribution >= 4 is 17.4 Å². The van der Waals surface area contributed by atoms with E-state index in [2.05, 4.69) is 20.1 Å². The van der Waals surface area contributed by atoms with Crippen molar-refractivity contribution in [2.45, 2.75) is 12.5 Å². The zero-order valence-corrected chi connectivity index (χ0v) is 12.2. The number of fused-ring (bicyclic) bond motifs is 1. The summed E-state index contributed by atoms with van der Waals surface area (Å²) in [5, 5.41) is 4.51. The number of hydrogen-bond donors (Lipinski definition) is 2. The molecule has 0 fully saturated rings. The van der Waals surface area contributed by atoms with Gasteiger partial charge in [0.15, 0.2) is 11.5 Å². The predicted molar refractivity (Wildman–Crippen MR) is 76.7 cm³/mol. The summed E-state index contributed by atoms with van der Waals surface area (Å²) in [7, 11) is 0. The van der Waals surface area contributed by atoms with E-state index in [1.54, 1.807) is 0 Å². The minimum Gasteiger partial charge on any atom is -0.395 e. The number of nitrogens with one attached hydrogen (secondary N) is 2. The molecule has 0 saturated heterocycles. The van der Waals surface area contributed by atoms with Crippen molar-refractivity contribution in [2.75, 3.05) is 10.6 Å². The lowest BCUT2D eigenvalue weighted by molar-refractivity contribution is -0.286. The summed E-state index contributed by atoms with van der Waals surface area (Å²) in [5.74, 6) is -0.476. The number of carbonyl (C=O) groups excluding carboxylic acids is 1. The van der Waals surface area contributed by atoms with Gasteiger partial charge in [0.1, 0.15) is 0 Å². The maximum absolute atomic E-state index is 12.9. The van der Waals surface area contributed by atoms with Crippen LogP contribution in [0.2, 0.25) is 0 Å². The number of halogens is 5. The van der Waals surface area contributed by atoms with E-state index in [9.17, 15) is 26.7 Å². The molecule has 0 atom stereocenters. The van der Waals surface area contributed by atoms with E-state index in [1.165, 1.54) is 12.1 Å². The van der Waals surface area contributed by atoms with Crippen LogP contribution in [-0.4, -0.2) is 12.3 Å². The van der Waals surface area contributed by atoms with Crippen LogP contribution in [-0.2, 0) is 6.18 Å². The third-order valence-electron chi connectivity index (χ3n) is 3.11.